The van der Waals surface area contributed by atoms with Gasteiger partial charge in [0.1, 0.15) is 5.75 Å². The second kappa shape index (κ2) is 9.72. The van der Waals surface area contributed by atoms with E-state index in [1.54, 1.807) is 30.3 Å². The Morgan fingerprint density at radius 2 is 1.85 bits per heavy atom. The second-order valence-electron chi connectivity index (χ2n) is 5.47. The molecule has 2 aromatic rings. The molecule has 1 aromatic carbocycles. The number of anilines is 1. The number of ketones is 1. The van der Waals surface area contributed by atoms with E-state index in [1.807, 2.05) is 19.9 Å². The number of hydrogen-bond donors (Lipinski definition) is 1. The van der Waals surface area contributed by atoms with Crippen LogP contribution in [0.3, 0.4) is 0 Å². The first-order valence-electron chi connectivity index (χ1n) is 8.26. The Morgan fingerprint density at radius 1 is 1.08 bits per heavy atom. The number of aryl methyl sites for hydroxylation is 1. The van der Waals surface area contributed by atoms with Crippen molar-refractivity contribution in [2.75, 3.05) is 18.5 Å². The van der Waals surface area contributed by atoms with Crippen molar-refractivity contribution < 1.29 is 23.9 Å². The second-order valence-corrected chi connectivity index (χ2v) is 6.76. The van der Waals surface area contributed by atoms with Gasteiger partial charge < -0.3 is 14.8 Å². The van der Waals surface area contributed by atoms with Gasteiger partial charge in [0.2, 0.25) is 0 Å². The molecule has 7 heteroatoms. The van der Waals surface area contributed by atoms with Gasteiger partial charge in [-0.1, -0.05) is 12.1 Å². The molecule has 0 fully saturated rings. The van der Waals surface area contributed by atoms with Gasteiger partial charge in [-0.2, -0.15) is 0 Å². The first-order chi connectivity index (χ1) is 12.5. The van der Waals surface area contributed by atoms with Gasteiger partial charge in [0.05, 0.1) is 23.6 Å². The number of hydrogen-bond acceptors (Lipinski definition) is 6. The van der Waals surface area contributed by atoms with E-state index in [-0.39, 0.29) is 18.6 Å². The first-order valence-corrected chi connectivity index (χ1v) is 9.08. The number of para-hydroxylation sites is 2. The fraction of sp³-hybridized carbons (Fsp3) is 0.316. The third kappa shape index (κ3) is 6.00. The summed E-state index contributed by atoms with van der Waals surface area (Å²) in [6.45, 7) is 3.82. The van der Waals surface area contributed by atoms with Crippen molar-refractivity contribution in [1.29, 1.82) is 0 Å². The molecule has 0 aliphatic rings. The summed E-state index contributed by atoms with van der Waals surface area (Å²) in [5.41, 5.74) is 0.513. The Bertz CT molecular complexity index is 784. The van der Waals surface area contributed by atoms with E-state index >= 15 is 0 Å². The lowest BCUT2D eigenvalue weighted by atomic mass is 10.2. The van der Waals surface area contributed by atoms with Crippen LogP contribution in [0.4, 0.5) is 5.69 Å². The molecule has 6 nitrogen and oxygen atoms in total. The maximum atomic E-state index is 12.0. The minimum Gasteiger partial charge on any atom is -0.492 e. The van der Waals surface area contributed by atoms with Crippen molar-refractivity contribution in [2.45, 2.75) is 26.7 Å². The molecular weight excluding hydrogens is 354 g/mol. The zero-order valence-corrected chi connectivity index (χ0v) is 15.6. The number of thiophene rings is 1. The smallest absolute Gasteiger partial charge is 0.306 e. The molecule has 0 aliphatic carbocycles. The maximum absolute atomic E-state index is 12.0. The van der Waals surface area contributed by atoms with Crippen LogP contribution in [0.2, 0.25) is 0 Å². The van der Waals surface area contributed by atoms with Crippen LogP contribution in [0.5, 0.6) is 5.75 Å². The number of carbonyl (C=O) groups is 3. The molecule has 1 N–H and O–H groups in total. The van der Waals surface area contributed by atoms with Crippen LogP contribution in [-0.2, 0) is 14.3 Å². The highest BCUT2D eigenvalue weighted by molar-refractivity contribution is 7.14. The minimum atomic E-state index is -0.583. The summed E-state index contributed by atoms with van der Waals surface area (Å²) >= 11 is 1.39. The SMILES string of the molecule is CCOc1ccccc1NC(=O)COC(=O)CCC(=O)c1ccc(C)s1. The summed E-state index contributed by atoms with van der Waals surface area (Å²) in [5, 5.41) is 2.64. The molecule has 1 aromatic heterocycles. The van der Waals surface area contributed by atoms with Crippen LogP contribution in [0.25, 0.3) is 0 Å². The van der Waals surface area contributed by atoms with Crippen molar-refractivity contribution >= 4 is 34.7 Å². The molecule has 0 atom stereocenters. The maximum Gasteiger partial charge on any atom is 0.306 e. The molecule has 1 heterocycles. The van der Waals surface area contributed by atoms with E-state index in [1.165, 1.54) is 11.3 Å². The standard InChI is InChI=1S/C19H21NO5S/c1-3-24-16-7-5-4-6-14(16)20-18(22)12-25-19(23)11-9-15(21)17-10-8-13(2)26-17/h4-8,10H,3,9,11-12H2,1-2H3,(H,20,22). The van der Waals surface area contributed by atoms with E-state index in [4.69, 9.17) is 9.47 Å². The number of ether oxygens (including phenoxy) is 2. The van der Waals surface area contributed by atoms with Crippen molar-refractivity contribution in [3.63, 3.8) is 0 Å². The highest BCUT2D eigenvalue weighted by Crippen LogP contribution is 2.23. The van der Waals surface area contributed by atoms with Crippen LogP contribution < -0.4 is 10.1 Å². The van der Waals surface area contributed by atoms with E-state index in [9.17, 15) is 14.4 Å². The lowest BCUT2D eigenvalue weighted by Crippen LogP contribution is -2.21. The number of rotatable bonds is 9. The number of nitrogens with one attached hydrogen (secondary N) is 1. The first kappa shape index (κ1) is 19.7. The number of Topliss-reactive ketones (excluding diaryl/α,β-unsaturated/α-hetero) is 1. The van der Waals surface area contributed by atoms with Crippen LogP contribution in [0.15, 0.2) is 36.4 Å². The Labute approximate surface area is 156 Å². The highest BCUT2D eigenvalue weighted by Gasteiger charge is 2.14. The monoisotopic (exact) mass is 375 g/mol. The Hall–Kier alpha value is -2.67. The number of carbonyl (C=O) groups excluding carboxylic acids is 3. The predicted octanol–water partition coefficient (Wildman–Crippen LogP) is 3.60. The fourth-order valence-corrected chi connectivity index (χ4v) is 3.01. The van der Waals surface area contributed by atoms with E-state index in [2.05, 4.69) is 5.32 Å². The lowest BCUT2D eigenvalue weighted by Gasteiger charge is -2.11. The van der Waals surface area contributed by atoms with Gasteiger partial charge in [0, 0.05) is 11.3 Å². The zero-order valence-electron chi connectivity index (χ0n) is 14.7. The van der Waals surface area contributed by atoms with Gasteiger partial charge in [0.25, 0.3) is 5.91 Å². The largest absolute Gasteiger partial charge is 0.492 e. The van der Waals surface area contributed by atoms with Crippen LogP contribution >= 0.6 is 11.3 Å². The van der Waals surface area contributed by atoms with E-state index in [0.29, 0.717) is 22.9 Å². The predicted molar refractivity (Wildman–Crippen MR) is 99.8 cm³/mol. The van der Waals surface area contributed by atoms with Crippen LogP contribution in [0.1, 0.15) is 34.3 Å². The molecule has 0 saturated heterocycles. The van der Waals surface area contributed by atoms with Crippen LogP contribution in [0, 0.1) is 6.92 Å². The Morgan fingerprint density at radius 3 is 2.54 bits per heavy atom. The van der Waals surface area contributed by atoms with E-state index in [0.717, 1.165) is 4.88 Å². The summed E-state index contributed by atoms with van der Waals surface area (Å²) in [6.07, 6.45) is 0.00612. The molecule has 138 valence electrons. The van der Waals surface area contributed by atoms with Crippen molar-refractivity contribution in [3.05, 3.63) is 46.2 Å². The molecule has 0 radical (unpaired) electrons. The number of benzene rings is 1. The summed E-state index contributed by atoms with van der Waals surface area (Å²) in [7, 11) is 0. The fourth-order valence-electron chi connectivity index (χ4n) is 2.18. The molecule has 0 spiro atoms. The molecule has 0 unspecified atom stereocenters. The summed E-state index contributed by atoms with van der Waals surface area (Å²) in [6, 6.07) is 10.6. The molecule has 0 aliphatic heterocycles. The van der Waals surface area contributed by atoms with Crippen LogP contribution in [-0.4, -0.2) is 30.9 Å². The number of amides is 1. The molecule has 26 heavy (non-hydrogen) atoms. The van der Waals surface area contributed by atoms with E-state index < -0.39 is 18.5 Å². The molecule has 0 saturated carbocycles. The Kier molecular flexibility index (Phi) is 7.35. The topological polar surface area (TPSA) is 81.7 Å². The van der Waals surface area contributed by atoms with Crippen molar-refractivity contribution in [1.82, 2.24) is 0 Å². The zero-order chi connectivity index (χ0) is 18.9. The third-order valence-electron chi connectivity index (χ3n) is 3.40. The molecule has 1 amide bonds. The molecule has 2 rings (SSSR count). The normalized spacial score (nSPS) is 10.2. The molecule has 0 bridgehead atoms. The van der Waals surface area contributed by atoms with Gasteiger partial charge in [-0.3, -0.25) is 14.4 Å². The minimum absolute atomic E-state index is 0.0570. The average Bonchev–Trinajstić information content (AvgIpc) is 3.06. The third-order valence-corrected chi connectivity index (χ3v) is 4.44. The average molecular weight is 375 g/mol. The van der Waals surface area contributed by atoms with Gasteiger partial charge >= 0.3 is 5.97 Å². The lowest BCUT2D eigenvalue weighted by molar-refractivity contribution is -0.147. The van der Waals surface area contributed by atoms with Gasteiger partial charge in [-0.15, -0.1) is 11.3 Å². The van der Waals surface area contributed by atoms with Crippen molar-refractivity contribution in [2.24, 2.45) is 0 Å². The Balaban J connectivity index is 1.75. The van der Waals surface area contributed by atoms with Gasteiger partial charge in [-0.05, 0) is 38.1 Å². The highest BCUT2D eigenvalue weighted by atomic mass is 32.1. The van der Waals surface area contributed by atoms with Gasteiger partial charge in [0.15, 0.2) is 12.4 Å². The van der Waals surface area contributed by atoms with Crippen molar-refractivity contribution in [3.8, 4) is 5.75 Å². The number of esters is 1. The quantitative estimate of drug-likeness (QED) is 0.535. The van der Waals surface area contributed by atoms with Gasteiger partial charge in [-0.25, -0.2) is 0 Å². The summed E-state index contributed by atoms with van der Waals surface area (Å²) < 4.78 is 10.3. The summed E-state index contributed by atoms with van der Waals surface area (Å²) in [5.74, 6) is -0.604. The summed E-state index contributed by atoms with van der Waals surface area (Å²) in [4.78, 5) is 37.3. The molecular formula is C19H21NO5S.